The van der Waals surface area contributed by atoms with Crippen molar-refractivity contribution in [3.05, 3.63) is 70.2 Å². The van der Waals surface area contributed by atoms with Crippen molar-refractivity contribution in [2.24, 2.45) is 5.92 Å². The Bertz CT molecular complexity index is 703. The van der Waals surface area contributed by atoms with Crippen molar-refractivity contribution in [2.75, 3.05) is 0 Å². The van der Waals surface area contributed by atoms with Crippen LogP contribution in [0.2, 0.25) is 0 Å². The maximum atomic E-state index is 12.1. The maximum Gasteiger partial charge on any atom is 0.270 e. The van der Waals surface area contributed by atoms with Gasteiger partial charge in [-0.15, -0.1) is 0 Å². The standard InChI is InChI=1S/C17H15BrN2O2/c18-15-9-5-4-8-12(15)16(21)19-20-17(22)14-10-13(14)11-6-2-1-3-7-11/h1-9,13-14H,10H2,(H,19,21)(H,20,22). The second-order valence-electron chi connectivity index (χ2n) is 5.28. The predicted molar refractivity (Wildman–Crippen MR) is 87.0 cm³/mol. The number of hydrazine groups is 1. The highest BCUT2D eigenvalue weighted by molar-refractivity contribution is 9.10. The lowest BCUT2D eigenvalue weighted by molar-refractivity contribution is -0.123. The molecule has 22 heavy (non-hydrogen) atoms. The first kappa shape index (κ1) is 14.8. The number of carbonyl (C=O) groups excluding carboxylic acids is 2. The van der Waals surface area contributed by atoms with Crippen molar-refractivity contribution in [1.82, 2.24) is 10.9 Å². The third kappa shape index (κ3) is 3.20. The van der Waals surface area contributed by atoms with E-state index < -0.39 is 0 Å². The fraction of sp³-hybridized carbons (Fsp3) is 0.176. The minimum Gasteiger partial charge on any atom is -0.273 e. The average Bonchev–Trinajstić information content (AvgIpc) is 3.34. The van der Waals surface area contributed by atoms with Crippen LogP contribution in [0.15, 0.2) is 59.1 Å². The topological polar surface area (TPSA) is 58.2 Å². The van der Waals surface area contributed by atoms with Gasteiger partial charge in [0.1, 0.15) is 0 Å². The van der Waals surface area contributed by atoms with E-state index in [0.29, 0.717) is 10.0 Å². The van der Waals surface area contributed by atoms with E-state index in [0.717, 1.165) is 6.42 Å². The van der Waals surface area contributed by atoms with E-state index in [2.05, 4.69) is 26.8 Å². The third-order valence-corrected chi connectivity index (χ3v) is 4.46. The minimum absolute atomic E-state index is 0.0677. The highest BCUT2D eigenvalue weighted by atomic mass is 79.9. The molecule has 0 radical (unpaired) electrons. The molecule has 2 aromatic rings. The van der Waals surface area contributed by atoms with Gasteiger partial charge in [-0.25, -0.2) is 0 Å². The molecule has 0 heterocycles. The molecule has 4 nitrogen and oxygen atoms in total. The highest BCUT2D eigenvalue weighted by Gasteiger charge is 2.43. The molecule has 5 heteroatoms. The van der Waals surface area contributed by atoms with Gasteiger partial charge in [0.15, 0.2) is 0 Å². The summed E-state index contributed by atoms with van der Waals surface area (Å²) in [6.07, 6.45) is 0.820. The number of benzene rings is 2. The Morgan fingerprint density at radius 3 is 2.36 bits per heavy atom. The zero-order valence-electron chi connectivity index (χ0n) is 11.8. The minimum atomic E-state index is -0.335. The van der Waals surface area contributed by atoms with Gasteiger partial charge in [-0.2, -0.15) is 0 Å². The summed E-state index contributed by atoms with van der Waals surface area (Å²) in [5.41, 5.74) is 6.63. The van der Waals surface area contributed by atoms with Gasteiger partial charge < -0.3 is 0 Å². The Balaban J connectivity index is 1.54. The monoisotopic (exact) mass is 358 g/mol. The molecule has 1 saturated carbocycles. The molecule has 3 rings (SSSR count). The molecule has 0 bridgehead atoms. The predicted octanol–water partition coefficient (Wildman–Crippen LogP) is 3.01. The Morgan fingerprint density at radius 2 is 1.64 bits per heavy atom. The molecule has 1 aliphatic carbocycles. The number of amides is 2. The van der Waals surface area contributed by atoms with Crippen molar-refractivity contribution in [3.63, 3.8) is 0 Å². The van der Waals surface area contributed by atoms with Crippen LogP contribution in [-0.4, -0.2) is 11.8 Å². The first-order valence-corrected chi connectivity index (χ1v) is 7.86. The summed E-state index contributed by atoms with van der Waals surface area (Å²) in [5, 5.41) is 0. The molecule has 112 valence electrons. The van der Waals surface area contributed by atoms with Crippen molar-refractivity contribution >= 4 is 27.7 Å². The molecule has 1 fully saturated rings. The van der Waals surface area contributed by atoms with Crippen molar-refractivity contribution < 1.29 is 9.59 Å². The highest BCUT2D eigenvalue weighted by Crippen LogP contribution is 2.47. The second kappa shape index (κ2) is 6.32. The fourth-order valence-corrected chi connectivity index (χ4v) is 2.94. The number of hydrogen-bond acceptors (Lipinski definition) is 2. The number of halogens is 1. The molecule has 0 aromatic heterocycles. The van der Waals surface area contributed by atoms with Crippen LogP contribution in [0.4, 0.5) is 0 Å². The van der Waals surface area contributed by atoms with Crippen LogP contribution >= 0.6 is 15.9 Å². The lowest BCUT2D eigenvalue weighted by atomic mass is 10.1. The largest absolute Gasteiger partial charge is 0.273 e. The quantitative estimate of drug-likeness (QED) is 0.828. The number of carbonyl (C=O) groups is 2. The Kier molecular flexibility index (Phi) is 4.24. The molecule has 2 amide bonds. The van der Waals surface area contributed by atoms with E-state index in [1.165, 1.54) is 5.56 Å². The summed E-state index contributed by atoms with van der Waals surface area (Å²) < 4.78 is 0.690. The van der Waals surface area contributed by atoms with Crippen molar-refractivity contribution in [3.8, 4) is 0 Å². The van der Waals surface area contributed by atoms with Gasteiger partial charge in [0.25, 0.3) is 5.91 Å². The van der Waals surface area contributed by atoms with Crippen LogP contribution < -0.4 is 10.9 Å². The Hall–Kier alpha value is -2.14. The molecule has 2 N–H and O–H groups in total. The Labute approximate surface area is 137 Å². The van der Waals surface area contributed by atoms with Crippen LogP contribution in [0.1, 0.15) is 28.3 Å². The summed E-state index contributed by atoms with van der Waals surface area (Å²) >= 11 is 3.31. The summed E-state index contributed by atoms with van der Waals surface area (Å²) in [4.78, 5) is 24.1. The Morgan fingerprint density at radius 1 is 0.955 bits per heavy atom. The smallest absolute Gasteiger partial charge is 0.270 e. The zero-order valence-corrected chi connectivity index (χ0v) is 13.3. The van der Waals surface area contributed by atoms with Gasteiger partial charge in [-0.05, 0) is 46.0 Å². The molecular formula is C17H15BrN2O2. The normalized spacial score (nSPS) is 19.3. The van der Waals surface area contributed by atoms with Crippen molar-refractivity contribution in [2.45, 2.75) is 12.3 Å². The lowest BCUT2D eigenvalue weighted by Crippen LogP contribution is -2.42. The van der Waals surface area contributed by atoms with Crippen LogP contribution in [-0.2, 0) is 4.79 Å². The van der Waals surface area contributed by atoms with E-state index in [4.69, 9.17) is 0 Å². The van der Waals surface area contributed by atoms with E-state index in [1.54, 1.807) is 18.2 Å². The first-order valence-electron chi connectivity index (χ1n) is 7.06. The number of hydrogen-bond donors (Lipinski definition) is 2. The first-order chi connectivity index (χ1) is 10.7. The van der Waals surface area contributed by atoms with Gasteiger partial charge in [0.2, 0.25) is 5.91 Å². The zero-order chi connectivity index (χ0) is 15.5. The van der Waals surface area contributed by atoms with E-state index >= 15 is 0 Å². The van der Waals surface area contributed by atoms with Crippen LogP contribution in [0.5, 0.6) is 0 Å². The second-order valence-corrected chi connectivity index (χ2v) is 6.14. The molecule has 0 spiro atoms. The van der Waals surface area contributed by atoms with Gasteiger partial charge in [0.05, 0.1) is 5.56 Å². The average molecular weight is 359 g/mol. The number of rotatable bonds is 3. The van der Waals surface area contributed by atoms with Crippen LogP contribution in [0.3, 0.4) is 0 Å². The van der Waals surface area contributed by atoms with Gasteiger partial charge in [0, 0.05) is 10.4 Å². The fourth-order valence-electron chi connectivity index (χ4n) is 2.48. The van der Waals surface area contributed by atoms with Crippen LogP contribution in [0.25, 0.3) is 0 Å². The molecule has 2 aromatic carbocycles. The lowest BCUT2D eigenvalue weighted by Gasteiger charge is -2.08. The summed E-state index contributed by atoms with van der Waals surface area (Å²) in [6.45, 7) is 0. The number of nitrogens with one attached hydrogen (secondary N) is 2. The molecule has 0 saturated heterocycles. The molecule has 2 unspecified atom stereocenters. The summed E-state index contributed by atoms with van der Waals surface area (Å²) in [6, 6.07) is 17.0. The maximum absolute atomic E-state index is 12.1. The summed E-state index contributed by atoms with van der Waals surface area (Å²) in [7, 11) is 0. The SMILES string of the molecule is O=C(NNC(=O)C1CC1c1ccccc1)c1ccccc1Br. The van der Waals surface area contributed by atoms with Gasteiger partial charge in [-0.1, -0.05) is 42.5 Å². The molecular weight excluding hydrogens is 344 g/mol. The third-order valence-electron chi connectivity index (χ3n) is 3.77. The molecule has 0 aliphatic heterocycles. The van der Waals surface area contributed by atoms with E-state index in [9.17, 15) is 9.59 Å². The van der Waals surface area contributed by atoms with Crippen molar-refractivity contribution in [1.29, 1.82) is 0 Å². The van der Waals surface area contributed by atoms with Gasteiger partial charge in [-0.3, -0.25) is 20.4 Å². The van der Waals surface area contributed by atoms with Gasteiger partial charge >= 0.3 is 0 Å². The van der Waals surface area contributed by atoms with E-state index in [1.807, 2.05) is 36.4 Å². The molecule has 1 aliphatic rings. The summed E-state index contributed by atoms with van der Waals surface area (Å²) in [5.74, 6) is -0.296. The van der Waals surface area contributed by atoms with E-state index in [-0.39, 0.29) is 23.7 Å². The molecule has 2 atom stereocenters. The van der Waals surface area contributed by atoms with Crippen LogP contribution in [0, 0.1) is 5.92 Å².